The van der Waals surface area contributed by atoms with Gasteiger partial charge < -0.3 is 0 Å². The second-order valence-corrected chi connectivity index (χ2v) is 4.29. The molecule has 1 N–H and O–H groups in total. The summed E-state index contributed by atoms with van der Waals surface area (Å²) >= 11 is 0. The second kappa shape index (κ2) is 7.97. The van der Waals surface area contributed by atoms with Gasteiger partial charge in [-0.05, 0) is 35.5 Å². The molecule has 0 saturated carbocycles. The molecule has 0 amide bonds. The molecule has 0 bridgehead atoms. The first kappa shape index (κ1) is 14.9. The summed E-state index contributed by atoms with van der Waals surface area (Å²) in [6, 6.07) is 0. The Kier molecular flexibility index (Phi) is 5.41. The van der Waals surface area contributed by atoms with Crippen LogP contribution in [0.15, 0.2) is 99.5 Å². The molecule has 0 spiro atoms. The largest absolute Gasteiger partial charge is 0.339 e. The number of nitrogens with one attached hydrogen (secondary N) is 1. The Morgan fingerprint density at radius 3 is 1.77 bits per heavy atom. The molecule has 0 heterocycles. The van der Waals surface area contributed by atoms with Crippen molar-refractivity contribution in [3.8, 4) is 0 Å². The normalized spacial score (nSPS) is 16.0. The maximum absolute atomic E-state index is 8.33. The smallest absolute Gasteiger partial charge is 0.185 e. The summed E-state index contributed by atoms with van der Waals surface area (Å²) in [6.07, 6.45) is 22.5. The predicted octanol–water partition coefficient (Wildman–Crippen LogP) is 4.24. The molecule has 0 aromatic heterocycles. The van der Waals surface area contributed by atoms with E-state index in [-0.39, 0.29) is 0 Å². The zero-order valence-corrected chi connectivity index (χ0v) is 11.7. The van der Waals surface area contributed by atoms with Crippen LogP contribution < -0.4 is 0 Å². The van der Waals surface area contributed by atoms with Gasteiger partial charge in [0, 0.05) is 0 Å². The first-order chi connectivity index (χ1) is 10.8. The standard InChI is InChI=1S/C16H13N6/c17-21-19-15-9-5-13(6-10-15)3-1-2-4-14-7-11-16(12-8-14)20-22-18/h1-12,17H/q+1. The number of hydrogen-bond donors (Lipinski definition) is 1. The number of nitrogens with zero attached hydrogens (tertiary/aromatic N) is 5. The number of diazo groups is 1. The summed E-state index contributed by atoms with van der Waals surface area (Å²) in [5.74, 6) is 0. The van der Waals surface area contributed by atoms with Crippen LogP contribution in [-0.2, 0) is 0 Å². The van der Waals surface area contributed by atoms with Crippen LogP contribution in [0.5, 0.6) is 0 Å². The lowest BCUT2D eigenvalue weighted by molar-refractivity contribution is 0.992. The van der Waals surface area contributed by atoms with E-state index in [2.05, 4.69) is 20.5 Å². The number of allylic oxidation sites excluding steroid dienone is 14. The van der Waals surface area contributed by atoms with Crippen LogP contribution in [0.4, 0.5) is 0 Å². The lowest BCUT2D eigenvalue weighted by Crippen LogP contribution is -1.92. The van der Waals surface area contributed by atoms with Gasteiger partial charge in [0.1, 0.15) is 0 Å². The summed E-state index contributed by atoms with van der Waals surface area (Å²) in [7, 11) is 0. The molecule has 2 aliphatic carbocycles. The van der Waals surface area contributed by atoms with Gasteiger partial charge in [0.15, 0.2) is 10.8 Å². The van der Waals surface area contributed by atoms with Crippen LogP contribution in [0.3, 0.4) is 0 Å². The van der Waals surface area contributed by atoms with Crippen molar-refractivity contribution in [3.05, 3.63) is 89.1 Å². The Morgan fingerprint density at radius 1 is 0.818 bits per heavy atom. The molecule has 0 atom stereocenters. The van der Waals surface area contributed by atoms with Gasteiger partial charge in [0.2, 0.25) is 0 Å². The van der Waals surface area contributed by atoms with Gasteiger partial charge in [-0.2, -0.15) is 5.53 Å². The van der Waals surface area contributed by atoms with Crippen molar-refractivity contribution in [3.63, 3.8) is 0 Å². The molecular weight excluding hydrogens is 276 g/mol. The molecule has 22 heavy (non-hydrogen) atoms. The zero-order chi connectivity index (χ0) is 15.6. The van der Waals surface area contributed by atoms with E-state index >= 15 is 0 Å². The van der Waals surface area contributed by atoms with Crippen LogP contribution in [0.1, 0.15) is 0 Å². The van der Waals surface area contributed by atoms with E-state index in [1.165, 1.54) is 0 Å². The van der Waals surface area contributed by atoms with Crippen molar-refractivity contribution in [2.45, 2.75) is 0 Å². The molecule has 0 unspecified atom stereocenters. The third-order valence-electron chi connectivity index (χ3n) is 2.80. The Bertz CT molecular complexity index is 725. The average molecular weight is 289 g/mol. The van der Waals surface area contributed by atoms with Crippen molar-refractivity contribution < 1.29 is 0 Å². The van der Waals surface area contributed by atoms with Crippen LogP contribution in [-0.4, -0.2) is 11.4 Å². The van der Waals surface area contributed by atoms with Gasteiger partial charge in [0.25, 0.3) is 5.39 Å². The van der Waals surface area contributed by atoms with E-state index in [9.17, 15) is 0 Å². The molecule has 0 aliphatic heterocycles. The first-order valence-corrected chi connectivity index (χ1v) is 6.49. The molecule has 6 heteroatoms. The third kappa shape index (κ3) is 4.58. The van der Waals surface area contributed by atoms with Crippen molar-refractivity contribution in [2.24, 2.45) is 15.4 Å². The minimum absolute atomic E-state index is 0.597. The fourth-order valence-corrected chi connectivity index (χ4v) is 1.75. The summed E-state index contributed by atoms with van der Waals surface area (Å²) in [5.41, 5.74) is 9.97. The van der Waals surface area contributed by atoms with Crippen molar-refractivity contribution >= 4 is 11.4 Å². The Balaban J connectivity index is 1.95. The predicted molar refractivity (Wildman–Crippen MR) is 87.0 cm³/mol. The molecule has 0 saturated heterocycles. The Morgan fingerprint density at radius 2 is 1.32 bits per heavy atom. The van der Waals surface area contributed by atoms with Gasteiger partial charge in [-0.15, -0.1) is 5.10 Å². The molecule has 0 aromatic carbocycles. The van der Waals surface area contributed by atoms with Crippen molar-refractivity contribution in [1.82, 2.24) is 0 Å². The second-order valence-electron chi connectivity index (χ2n) is 4.29. The molecule has 0 fully saturated rings. The highest BCUT2D eigenvalue weighted by Crippen LogP contribution is 2.09. The summed E-state index contributed by atoms with van der Waals surface area (Å²) < 4.78 is 0. The fourth-order valence-electron chi connectivity index (χ4n) is 1.75. The van der Waals surface area contributed by atoms with Crippen molar-refractivity contribution in [2.75, 3.05) is 0 Å². The molecule has 2 aliphatic rings. The zero-order valence-electron chi connectivity index (χ0n) is 11.7. The van der Waals surface area contributed by atoms with E-state index in [0.717, 1.165) is 11.1 Å². The van der Waals surface area contributed by atoms with E-state index in [4.69, 9.17) is 10.9 Å². The van der Waals surface area contributed by atoms with Gasteiger partial charge in [-0.1, -0.05) is 53.8 Å². The lowest BCUT2D eigenvalue weighted by Gasteiger charge is -1.99. The van der Waals surface area contributed by atoms with Gasteiger partial charge in [0.05, 0.1) is 5.71 Å². The molecule has 0 aromatic rings. The maximum Gasteiger partial charge on any atom is 0.339 e. The van der Waals surface area contributed by atoms with Gasteiger partial charge >= 0.3 is 5.08 Å². The first-order valence-electron chi connectivity index (χ1n) is 6.49. The highest BCUT2D eigenvalue weighted by atomic mass is 15.3. The van der Waals surface area contributed by atoms with Gasteiger partial charge in [-0.3, -0.25) is 0 Å². The maximum atomic E-state index is 8.33. The summed E-state index contributed by atoms with van der Waals surface area (Å²) in [6.45, 7) is 0. The molecule has 0 radical (unpaired) electrons. The number of rotatable bonds is 3. The minimum Gasteiger partial charge on any atom is -0.185 e. The van der Waals surface area contributed by atoms with Crippen LogP contribution >= 0.6 is 0 Å². The quantitative estimate of drug-likeness (QED) is 0.470. The topological polar surface area (TPSA) is 89.1 Å². The average Bonchev–Trinajstić information content (AvgIpc) is 2.55. The number of hydrogen-bond acceptors (Lipinski definition) is 4. The molecule has 106 valence electrons. The third-order valence-corrected chi connectivity index (χ3v) is 2.80. The van der Waals surface area contributed by atoms with E-state index in [0.29, 0.717) is 11.4 Å². The highest BCUT2D eigenvalue weighted by Gasteiger charge is 2.00. The minimum atomic E-state index is 0.597. The Hall–Kier alpha value is -3.46. The molecular formula is C16H13N6+. The van der Waals surface area contributed by atoms with E-state index in [1.807, 2.05) is 48.6 Å². The van der Waals surface area contributed by atoms with Crippen LogP contribution in [0.2, 0.25) is 0 Å². The van der Waals surface area contributed by atoms with E-state index < -0.39 is 0 Å². The summed E-state index contributed by atoms with van der Waals surface area (Å²) in [4.78, 5) is 0. The Labute approximate surface area is 127 Å². The van der Waals surface area contributed by atoms with Crippen molar-refractivity contribution in [1.29, 1.82) is 10.9 Å². The highest BCUT2D eigenvalue weighted by molar-refractivity contribution is 6.06. The molecule has 2 rings (SSSR count). The molecule has 6 nitrogen and oxygen atoms in total. The fraction of sp³-hybridized carbons (Fsp3) is 0. The van der Waals surface area contributed by atoms with Crippen LogP contribution in [0.25, 0.3) is 5.08 Å². The summed E-state index contributed by atoms with van der Waals surface area (Å²) in [5, 5.41) is 21.2. The van der Waals surface area contributed by atoms with Crippen LogP contribution in [0, 0.1) is 10.9 Å². The lowest BCUT2D eigenvalue weighted by atomic mass is 10.1. The van der Waals surface area contributed by atoms with Gasteiger partial charge in [-0.25, -0.2) is 0 Å². The SMILES string of the molecule is N#[N+]N=C1C=CC(=CC=CC=C2C=CC(=NN=N)C=C2)C=C1. The monoisotopic (exact) mass is 289 g/mol. The van der Waals surface area contributed by atoms with E-state index in [1.54, 1.807) is 24.3 Å².